The van der Waals surface area contributed by atoms with E-state index in [1.54, 1.807) is 33.1 Å². The quantitative estimate of drug-likeness (QED) is 0.0229. The van der Waals surface area contributed by atoms with Crippen molar-refractivity contribution in [1.29, 1.82) is 0 Å². The van der Waals surface area contributed by atoms with Crippen molar-refractivity contribution in [3.05, 3.63) is 53.4 Å². The van der Waals surface area contributed by atoms with Crippen molar-refractivity contribution in [2.45, 2.75) is 109 Å². The number of esters is 1. The Balaban J connectivity index is 1.07. The summed E-state index contributed by atoms with van der Waals surface area (Å²) in [4.78, 5) is 91.0. The summed E-state index contributed by atoms with van der Waals surface area (Å²) in [5, 5.41) is 56.7. The van der Waals surface area contributed by atoms with Crippen LogP contribution in [0.3, 0.4) is 0 Å². The van der Waals surface area contributed by atoms with E-state index in [0.29, 0.717) is 150 Å². The summed E-state index contributed by atoms with van der Waals surface area (Å²) < 4.78 is 77.4. The lowest BCUT2D eigenvalue weighted by Crippen LogP contribution is -2.59. The average molecular weight is 1300 g/mol. The van der Waals surface area contributed by atoms with Gasteiger partial charge >= 0.3 is 11.9 Å². The molecule has 2 aromatic rings. The first-order valence-corrected chi connectivity index (χ1v) is 30.3. The number of rotatable bonds is 52. The number of amides is 5. The van der Waals surface area contributed by atoms with Gasteiger partial charge in [-0.3, -0.25) is 33.7 Å². The number of methoxy groups -OCH3 is 1. The molecule has 0 unspecified atom stereocenters. The first-order chi connectivity index (χ1) is 43.9. The van der Waals surface area contributed by atoms with Gasteiger partial charge in [0, 0.05) is 31.9 Å². The molecule has 2 aliphatic heterocycles. The number of nitrogens with zero attached hydrogens (tertiary/aromatic N) is 4. The molecule has 514 valence electrons. The molecular weight excluding hydrogens is 1210 g/mol. The summed E-state index contributed by atoms with van der Waals surface area (Å²) in [6, 6.07) is 1.07. The first kappa shape index (κ1) is 77.4. The van der Waals surface area contributed by atoms with Crippen molar-refractivity contribution >= 4 is 47.2 Å². The largest absolute Gasteiger partial charge is 0.479 e. The van der Waals surface area contributed by atoms with Gasteiger partial charge in [0.05, 0.1) is 183 Å². The maximum absolute atomic E-state index is 13.7. The molecule has 0 aliphatic carbocycles. The number of ether oxygens (including phenoxy) is 14. The van der Waals surface area contributed by atoms with Crippen molar-refractivity contribution in [2.75, 3.05) is 164 Å². The SMILES string of the molecule is COCCOCCOCCOCCOCCOCCOCCOCCOCCOCCOCCOCCn1cc([C@H](CC(=O)N[C@H](C(=O)N[C@@H](C)C(=O)Nc2ccc(COC(C)=O)c(CC[C@@H]3O[C@H](C(=O)O)[C@@H](O)[C@H](O)[C@H]3O)c2)C(C)C)N2C(=O)C=CC2=O)nn1. The molecule has 0 saturated carbocycles. The highest BCUT2D eigenvalue weighted by molar-refractivity contribution is 6.13. The molecule has 0 bridgehead atoms. The standard InChI is InChI=1S/C59H93N7O25/c1-40(2)52(58(75)60-41(3)57(74)61-45-8-6-44(39-90-42(4)67)43(36-45)7-9-48-53(71)54(72)55(73)56(91-48)59(76)77)62-49(68)37-47(66-50(69)10-11-51(66)70)46-38-65(64-63-46)12-13-79-16-17-81-20-21-83-24-25-85-28-29-87-32-33-89-35-34-88-31-30-86-27-26-84-23-22-82-19-18-80-15-14-78-5/h6,8,10-11,36,38,40-41,47-48,52-56,71-73H,7,9,12-35,37,39H2,1-5H3,(H,60,75)(H,61,74)(H,62,68)(H,76,77)/t41-,47-,48-,52-,53-,54+,55-,56-/m0/s1. The Labute approximate surface area is 529 Å². The monoisotopic (exact) mass is 1300 g/mol. The van der Waals surface area contributed by atoms with Crippen LogP contribution in [0.25, 0.3) is 0 Å². The average Bonchev–Trinajstić information content (AvgIpc) is 2.09. The summed E-state index contributed by atoms with van der Waals surface area (Å²) in [6.07, 6.45) is -5.18. The van der Waals surface area contributed by atoms with Crippen LogP contribution in [0.2, 0.25) is 0 Å². The fourth-order valence-electron chi connectivity index (χ4n) is 8.73. The number of carbonyl (C=O) groups excluding carboxylic acids is 6. The Morgan fingerprint density at radius 3 is 1.54 bits per heavy atom. The van der Waals surface area contributed by atoms with Crippen molar-refractivity contribution in [3.63, 3.8) is 0 Å². The maximum atomic E-state index is 13.7. The number of carboxylic acid groups (broad SMARTS) is 1. The number of anilines is 1. The van der Waals surface area contributed by atoms with Gasteiger partial charge in [-0.25, -0.2) is 9.48 Å². The van der Waals surface area contributed by atoms with Crippen LogP contribution in [0.1, 0.15) is 63.4 Å². The van der Waals surface area contributed by atoms with Crippen molar-refractivity contribution in [2.24, 2.45) is 5.92 Å². The fourth-order valence-corrected chi connectivity index (χ4v) is 8.73. The van der Waals surface area contributed by atoms with Gasteiger partial charge in [-0.05, 0) is 48.9 Å². The van der Waals surface area contributed by atoms with Gasteiger partial charge < -0.3 is 103 Å². The molecule has 8 atom stereocenters. The third-order valence-corrected chi connectivity index (χ3v) is 13.6. The predicted octanol–water partition coefficient (Wildman–Crippen LogP) is -1.32. The molecule has 0 spiro atoms. The highest BCUT2D eigenvalue weighted by Gasteiger charge is 2.46. The molecule has 1 fully saturated rings. The Morgan fingerprint density at radius 2 is 1.09 bits per heavy atom. The molecule has 1 saturated heterocycles. The third-order valence-electron chi connectivity index (χ3n) is 13.6. The summed E-state index contributed by atoms with van der Waals surface area (Å²) in [6.45, 7) is 15.9. The molecular formula is C59H93N7O25. The van der Waals surface area contributed by atoms with E-state index in [4.69, 9.17) is 66.3 Å². The molecule has 2 aliphatic rings. The molecule has 4 rings (SSSR count). The molecule has 5 amide bonds. The molecule has 1 aromatic carbocycles. The number of aromatic nitrogens is 3. The van der Waals surface area contributed by atoms with Crippen molar-refractivity contribution in [3.8, 4) is 0 Å². The number of aliphatic hydroxyl groups is 3. The van der Waals surface area contributed by atoms with E-state index in [1.165, 1.54) is 30.8 Å². The number of hydrogen-bond donors (Lipinski definition) is 7. The summed E-state index contributed by atoms with van der Waals surface area (Å²) in [5.74, 6) is -6.09. The van der Waals surface area contributed by atoms with Crippen LogP contribution in [0.4, 0.5) is 5.69 Å². The first-order valence-electron chi connectivity index (χ1n) is 30.3. The van der Waals surface area contributed by atoms with E-state index in [0.717, 1.165) is 17.1 Å². The number of hydrogen-bond acceptors (Lipinski definition) is 26. The van der Waals surface area contributed by atoms with Gasteiger partial charge in [0.1, 0.15) is 42.7 Å². The van der Waals surface area contributed by atoms with Gasteiger partial charge in [0.15, 0.2) is 6.10 Å². The fraction of sp³-hybridized carbons (Fsp3) is 0.712. The van der Waals surface area contributed by atoms with E-state index in [1.807, 2.05) is 0 Å². The topological polar surface area (TPSA) is 400 Å². The predicted molar refractivity (Wildman–Crippen MR) is 317 cm³/mol. The highest BCUT2D eigenvalue weighted by Crippen LogP contribution is 2.28. The highest BCUT2D eigenvalue weighted by atomic mass is 16.6. The molecule has 0 radical (unpaired) electrons. The lowest BCUT2D eigenvalue weighted by molar-refractivity contribution is -0.228. The van der Waals surface area contributed by atoms with Crippen molar-refractivity contribution in [1.82, 2.24) is 30.5 Å². The number of aryl methyl sites for hydroxylation is 1. The lowest BCUT2D eigenvalue weighted by Gasteiger charge is -2.39. The van der Waals surface area contributed by atoms with E-state index < -0.39 is 102 Å². The van der Waals surface area contributed by atoms with E-state index in [2.05, 4.69) is 26.3 Å². The minimum Gasteiger partial charge on any atom is -0.479 e. The Kier molecular flexibility index (Phi) is 38.5. The lowest BCUT2D eigenvalue weighted by atomic mass is 9.91. The molecule has 91 heavy (non-hydrogen) atoms. The maximum Gasteiger partial charge on any atom is 0.335 e. The second-order valence-electron chi connectivity index (χ2n) is 21.0. The minimum absolute atomic E-state index is 0.0536. The zero-order valence-electron chi connectivity index (χ0n) is 52.6. The number of carboxylic acids is 1. The Bertz CT molecular complexity index is 2470. The van der Waals surface area contributed by atoms with Gasteiger partial charge in [0.2, 0.25) is 17.7 Å². The molecule has 32 heteroatoms. The number of aliphatic carboxylic acids is 1. The van der Waals surface area contributed by atoms with Gasteiger partial charge in [0.25, 0.3) is 11.8 Å². The summed E-state index contributed by atoms with van der Waals surface area (Å²) >= 11 is 0. The number of aliphatic hydroxyl groups excluding tert-OH is 3. The van der Waals surface area contributed by atoms with Crippen LogP contribution in [0, 0.1) is 5.92 Å². The van der Waals surface area contributed by atoms with Crippen LogP contribution in [0.15, 0.2) is 36.5 Å². The van der Waals surface area contributed by atoms with Crippen LogP contribution >= 0.6 is 0 Å². The van der Waals surface area contributed by atoms with Gasteiger partial charge in [-0.15, -0.1) is 5.10 Å². The molecule has 3 heterocycles. The van der Waals surface area contributed by atoms with E-state index >= 15 is 0 Å². The zero-order valence-corrected chi connectivity index (χ0v) is 52.6. The van der Waals surface area contributed by atoms with Crippen LogP contribution in [0.5, 0.6) is 0 Å². The normalized spacial score (nSPS) is 18.4. The van der Waals surface area contributed by atoms with Gasteiger partial charge in [-0.2, -0.15) is 0 Å². The minimum atomic E-state index is -1.87. The summed E-state index contributed by atoms with van der Waals surface area (Å²) in [5.41, 5.74) is 1.36. The number of nitrogens with one attached hydrogen (secondary N) is 3. The molecule has 32 nitrogen and oxygen atoms in total. The number of imide groups is 1. The van der Waals surface area contributed by atoms with Gasteiger partial charge in [-0.1, -0.05) is 25.1 Å². The molecule has 7 N–H and O–H groups in total. The Morgan fingerprint density at radius 1 is 0.615 bits per heavy atom. The van der Waals surface area contributed by atoms with Crippen LogP contribution in [-0.2, 0) is 119 Å². The zero-order chi connectivity index (χ0) is 66.2. The number of benzene rings is 1. The summed E-state index contributed by atoms with van der Waals surface area (Å²) in [7, 11) is 1.63. The smallest absolute Gasteiger partial charge is 0.335 e. The van der Waals surface area contributed by atoms with Crippen molar-refractivity contribution < 1.29 is 120 Å². The van der Waals surface area contributed by atoms with Crippen LogP contribution in [-0.4, -0.2) is 283 Å². The second kappa shape index (κ2) is 45.3. The molecule has 1 aromatic heterocycles. The second-order valence-corrected chi connectivity index (χ2v) is 21.0. The Hall–Kier alpha value is -6.05. The number of carbonyl (C=O) groups is 7. The third kappa shape index (κ3) is 30.5. The van der Waals surface area contributed by atoms with Crippen LogP contribution < -0.4 is 16.0 Å². The van der Waals surface area contributed by atoms with E-state index in [-0.39, 0.29) is 50.6 Å². The van der Waals surface area contributed by atoms with E-state index in [9.17, 15) is 54.0 Å².